The summed E-state index contributed by atoms with van der Waals surface area (Å²) in [5, 5.41) is 0. The molecule has 0 saturated carbocycles. The van der Waals surface area contributed by atoms with Gasteiger partial charge in [0.15, 0.2) is 0 Å². The topological polar surface area (TPSA) is 74.8 Å². The number of imide groups is 2. The largest absolute Gasteiger partial charge is 0.274 e. The summed E-state index contributed by atoms with van der Waals surface area (Å²) >= 11 is 0. The van der Waals surface area contributed by atoms with Crippen LogP contribution in [0.25, 0.3) is 0 Å². The second-order valence-electron chi connectivity index (χ2n) is 3.86. The van der Waals surface area contributed by atoms with E-state index in [9.17, 15) is 19.2 Å². The van der Waals surface area contributed by atoms with Gasteiger partial charge in [0.1, 0.15) is 6.17 Å². The van der Waals surface area contributed by atoms with Crippen molar-refractivity contribution in [3.63, 3.8) is 0 Å². The number of amides is 4. The highest BCUT2D eigenvalue weighted by molar-refractivity contribution is 6.16. The fourth-order valence-electron chi connectivity index (χ4n) is 1.90. The number of hydrogen-bond donors (Lipinski definition) is 0. The molecule has 1 saturated heterocycles. The monoisotopic (exact) mass is 234 g/mol. The van der Waals surface area contributed by atoms with Crippen molar-refractivity contribution in [1.82, 2.24) is 9.80 Å². The van der Waals surface area contributed by atoms with Gasteiger partial charge in [0.25, 0.3) is 17.7 Å². The number of rotatable bonds is 2. The van der Waals surface area contributed by atoms with Gasteiger partial charge < -0.3 is 0 Å². The molecule has 1 atom stereocenters. The maximum atomic E-state index is 11.7. The Labute approximate surface area is 97.2 Å². The molecule has 6 heteroatoms. The van der Waals surface area contributed by atoms with Crippen LogP contribution in [0.4, 0.5) is 0 Å². The van der Waals surface area contributed by atoms with Crippen LogP contribution in [0.15, 0.2) is 24.3 Å². The molecule has 0 bridgehead atoms. The van der Waals surface area contributed by atoms with Gasteiger partial charge >= 0.3 is 0 Å². The fourth-order valence-corrected chi connectivity index (χ4v) is 1.90. The maximum absolute atomic E-state index is 11.7. The summed E-state index contributed by atoms with van der Waals surface area (Å²) in [6.07, 6.45) is 1.24. The molecule has 0 aromatic carbocycles. The Hall–Kier alpha value is -2.24. The molecule has 0 aliphatic carbocycles. The molecule has 2 aliphatic heterocycles. The lowest BCUT2D eigenvalue weighted by atomic mass is 10.3. The molecule has 0 N–H and O–H groups in total. The minimum Gasteiger partial charge on any atom is -0.274 e. The van der Waals surface area contributed by atoms with Crippen molar-refractivity contribution in [1.29, 1.82) is 0 Å². The van der Waals surface area contributed by atoms with Gasteiger partial charge in [-0.05, 0) is 6.92 Å². The highest BCUT2D eigenvalue weighted by atomic mass is 16.2. The third kappa shape index (κ3) is 1.57. The highest BCUT2D eigenvalue weighted by Crippen LogP contribution is 2.22. The predicted octanol–water partition coefficient (Wildman–Crippen LogP) is -0.427. The first kappa shape index (κ1) is 11.3. The summed E-state index contributed by atoms with van der Waals surface area (Å²) in [5.41, 5.74) is 0.175. The van der Waals surface area contributed by atoms with E-state index in [0.717, 1.165) is 22.0 Å². The second-order valence-corrected chi connectivity index (χ2v) is 3.86. The number of carbonyl (C=O) groups is 4. The molecular formula is C11H10N2O4. The Morgan fingerprint density at radius 2 is 1.65 bits per heavy atom. The minimum atomic E-state index is -0.913. The standard InChI is InChI=1S/C11H10N2O4/c1-6-5-10(16)13(11(6)17)7(2)12-8(14)3-4-9(12)15/h3-4,7H,1,5H2,2H3. The van der Waals surface area contributed by atoms with E-state index in [0.29, 0.717) is 0 Å². The second kappa shape index (κ2) is 3.65. The normalized spacial score (nSPS) is 22.1. The summed E-state index contributed by atoms with van der Waals surface area (Å²) < 4.78 is 0. The number of hydrogen-bond acceptors (Lipinski definition) is 4. The van der Waals surface area contributed by atoms with Gasteiger partial charge in [0, 0.05) is 17.7 Å². The lowest BCUT2D eigenvalue weighted by Crippen LogP contribution is -2.51. The van der Waals surface area contributed by atoms with E-state index in [4.69, 9.17) is 0 Å². The summed E-state index contributed by atoms with van der Waals surface area (Å²) in [4.78, 5) is 47.9. The van der Waals surface area contributed by atoms with Crippen LogP contribution in [0.2, 0.25) is 0 Å². The lowest BCUT2D eigenvalue weighted by molar-refractivity contribution is -0.151. The molecule has 2 heterocycles. The third-order valence-electron chi connectivity index (χ3n) is 2.75. The Bertz CT molecular complexity index is 474. The van der Waals surface area contributed by atoms with Crippen LogP contribution in [0.5, 0.6) is 0 Å². The summed E-state index contributed by atoms with van der Waals surface area (Å²) in [6, 6.07) is 0. The van der Waals surface area contributed by atoms with E-state index < -0.39 is 29.8 Å². The van der Waals surface area contributed by atoms with E-state index in [1.807, 2.05) is 0 Å². The van der Waals surface area contributed by atoms with Crippen LogP contribution in [0.1, 0.15) is 13.3 Å². The third-order valence-corrected chi connectivity index (χ3v) is 2.75. The van der Waals surface area contributed by atoms with Crippen molar-refractivity contribution in [3.05, 3.63) is 24.3 Å². The molecule has 0 aromatic heterocycles. The Morgan fingerprint density at radius 1 is 1.12 bits per heavy atom. The smallest absolute Gasteiger partial charge is 0.258 e. The quantitative estimate of drug-likeness (QED) is 0.480. The van der Waals surface area contributed by atoms with Gasteiger partial charge in [0.2, 0.25) is 5.91 Å². The molecule has 4 amide bonds. The van der Waals surface area contributed by atoms with Gasteiger partial charge in [-0.25, -0.2) is 0 Å². The van der Waals surface area contributed by atoms with Gasteiger partial charge in [-0.1, -0.05) is 6.58 Å². The van der Waals surface area contributed by atoms with E-state index in [1.54, 1.807) is 0 Å². The average molecular weight is 234 g/mol. The van der Waals surface area contributed by atoms with Gasteiger partial charge in [-0.2, -0.15) is 0 Å². The molecule has 2 aliphatic rings. The van der Waals surface area contributed by atoms with Crippen molar-refractivity contribution in [2.75, 3.05) is 0 Å². The molecule has 1 unspecified atom stereocenters. The first-order chi connectivity index (χ1) is 7.93. The molecule has 0 spiro atoms. The van der Waals surface area contributed by atoms with Gasteiger partial charge in [-0.3, -0.25) is 29.0 Å². The Kier molecular flexibility index (Phi) is 2.42. The molecule has 88 valence electrons. The predicted molar refractivity (Wildman–Crippen MR) is 56.1 cm³/mol. The molecule has 17 heavy (non-hydrogen) atoms. The van der Waals surface area contributed by atoms with Crippen molar-refractivity contribution in [2.45, 2.75) is 19.5 Å². The summed E-state index contributed by atoms with van der Waals surface area (Å²) in [7, 11) is 0. The first-order valence-corrected chi connectivity index (χ1v) is 5.03. The average Bonchev–Trinajstić information content (AvgIpc) is 2.69. The first-order valence-electron chi connectivity index (χ1n) is 5.03. The van der Waals surface area contributed by atoms with Crippen LogP contribution in [0.3, 0.4) is 0 Å². The molecule has 1 fully saturated rings. The highest BCUT2D eigenvalue weighted by Gasteiger charge is 2.41. The SMILES string of the molecule is C=C1CC(=O)N(C(C)N2C(=O)C=CC2=O)C1=O. The maximum Gasteiger partial charge on any atom is 0.258 e. The van der Waals surface area contributed by atoms with Crippen LogP contribution >= 0.6 is 0 Å². The van der Waals surface area contributed by atoms with E-state index >= 15 is 0 Å². The zero-order chi connectivity index (χ0) is 12.7. The van der Waals surface area contributed by atoms with Crippen molar-refractivity contribution in [2.24, 2.45) is 0 Å². The van der Waals surface area contributed by atoms with E-state index in [2.05, 4.69) is 6.58 Å². The number of likely N-dealkylation sites (tertiary alicyclic amines) is 1. The molecule has 6 nitrogen and oxygen atoms in total. The molecule has 2 rings (SSSR count). The van der Waals surface area contributed by atoms with Crippen LogP contribution in [-0.4, -0.2) is 39.6 Å². The van der Waals surface area contributed by atoms with Crippen LogP contribution in [-0.2, 0) is 19.2 Å². The zero-order valence-corrected chi connectivity index (χ0v) is 9.17. The van der Waals surface area contributed by atoms with Crippen molar-refractivity contribution >= 4 is 23.6 Å². The Morgan fingerprint density at radius 3 is 2.06 bits per heavy atom. The van der Waals surface area contributed by atoms with E-state index in [-0.39, 0.29) is 12.0 Å². The van der Waals surface area contributed by atoms with Crippen molar-refractivity contribution < 1.29 is 19.2 Å². The molecule has 0 radical (unpaired) electrons. The van der Waals surface area contributed by atoms with Gasteiger partial charge in [-0.15, -0.1) is 0 Å². The van der Waals surface area contributed by atoms with Crippen molar-refractivity contribution in [3.8, 4) is 0 Å². The minimum absolute atomic E-state index is 0.0627. The summed E-state index contributed by atoms with van der Waals surface area (Å²) in [6.45, 7) is 4.92. The van der Waals surface area contributed by atoms with E-state index in [1.165, 1.54) is 6.92 Å². The lowest BCUT2D eigenvalue weighted by Gasteiger charge is -2.29. The van der Waals surface area contributed by atoms with Gasteiger partial charge in [0.05, 0.1) is 6.42 Å². The fraction of sp³-hybridized carbons (Fsp3) is 0.273. The number of nitrogens with zero attached hydrogens (tertiary/aromatic N) is 2. The Balaban J connectivity index is 2.27. The molecular weight excluding hydrogens is 224 g/mol. The number of carbonyl (C=O) groups excluding carboxylic acids is 4. The van der Waals surface area contributed by atoms with Crippen LogP contribution < -0.4 is 0 Å². The molecule has 0 aromatic rings. The summed E-state index contributed by atoms with van der Waals surface area (Å²) in [5.74, 6) is -2.03. The zero-order valence-electron chi connectivity index (χ0n) is 9.17. The van der Waals surface area contributed by atoms with Crippen LogP contribution in [0, 0.1) is 0 Å².